The first-order valence-electron chi connectivity index (χ1n) is 7.45. The molecule has 0 atom stereocenters. The van der Waals surface area contributed by atoms with Crippen LogP contribution < -0.4 is 0 Å². The Labute approximate surface area is 146 Å². The Balaban J connectivity index is 2.10. The molecule has 0 aliphatic carbocycles. The molecule has 2 aromatic carbocycles. The maximum Gasteiger partial charge on any atom is 0.303 e. The number of aromatic nitrogens is 1. The highest BCUT2D eigenvalue weighted by Crippen LogP contribution is 2.39. The number of hydrogen-bond donors (Lipinski definition) is 2. The van der Waals surface area contributed by atoms with E-state index in [1.54, 1.807) is 6.07 Å². The van der Waals surface area contributed by atoms with E-state index in [1.807, 2.05) is 19.9 Å². The van der Waals surface area contributed by atoms with Crippen LogP contribution in [-0.2, 0) is 0 Å². The molecule has 10 nitrogen and oxygen atoms in total. The van der Waals surface area contributed by atoms with Gasteiger partial charge in [0.25, 0.3) is 5.69 Å². The molecule has 3 rings (SSSR count). The van der Waals surface area contributed by atoms with Gasteiger partial charge < -0.3 is 10.1 Å². The fourth-order valence-corrected chi connectivity index (χ4v) is 2.54. The molecule has 0 spiro atoms. The number of benzene rings is 2. The molecule has 0 unspecified atom stereocenters. The molecule has 2 N–H and O–H groups in total. The minimum Gasteiger partial charge on any atom is -0.493 e. The first-order valence-corrected chi connectivity index (χ1v) is 7.45. The van der Waals surface area contributed by atoms with E-state index in [0.29, 0.717) is 10.9 Å². The van der Waals surface area contributed by atoms with Gasteiger partial charge in [-0.1, -0.05) is 12.1 Å². The molecule has 0 aliphatic heterocycles. The van der Waals surface area contributed by atoms with Gasteiger partial charge in [0.2, 0.25) is 5.88 Å². The predicted molar refractivity (Wildman–Crippen MR) is 93.4 cm³/mol. The second-order valence-electron chi connectivity index (χ2n) is 5.64. The zero-order valence-electron chi connectivity index (χ0n) is 13.8. The predicted octanol–water partition coefficient (Wildman–Crippen LogP) is 4.72. The SMILES string of the molecule is Cc1ccc2c(N=Nc3ccc([N+](=O)[O-])cc3[N+](=O)[O-])c(O)[nH]c2c1C. The lowest BCUT2D eigenvalue weighted by molar-refractivity contribution is -0.393. The van der Waals surface area contributed by atoms with Crippen LogP contribution in [0.15, 0.2) is 40.6 Å². The van der Waals surface area contributed by atoms with Gasteiger partial charge in [-0.3, -0.25) is 20.2 Å². The number of nitrogens with one attached hydrogen (secondary N) is 1. The van der Waals surface area contributed by atoms with Crippen LogP contribution in [0.5, 0.6) is 5.88 Å². The summed E-state index contributed by atoms with van der Waals surface area (Å²) in [5.74, 6) is -0.220. The van der Waals surface area contributed by atoms with Crippen molar-refractivity contribution in [2.45, 2.75) is 13.8 Å². The second-order valence-corrected chi connectivity index (χ2v) is 5.64. The van der Waals surface area contributed by atoms with Crippen LogP contribution in [0.4, 0.5) is 22.7 Å². The highest BCUT2D eigenvalue weighted by molar-refractivity contribution is 5.96. The molecule has 0 bridgehead atoms. The summed E-state index contributed by atoms with van der Waals surface area (Å²) < 4.78 is 0. The van der Waals surface area contributed by atoms with E-state index >= 15 is 0 Å². The summed E-state index contributed by atoms with van der Waals surface area (Å²) in [7, 11) is 0. The van der Waals surface area contributed by atoms with Crippen molar-refractivity contribution in [3.05, 3.63) is 61.7 Å². The zero-order chi connectivity index (χ0) is 19.0. The van der Waals surface area contributed by atoms with E-state index in [0.717, 1.165) is 29.3 Å². The van der Waals surface area contributed by atoms with Gasteiger partial charge in [0.15, 0.2) is 11.4 Å². The average molecular weight is 355 g/mol. The number of nitro groups is 2. The van der Waals surface area contributed by atoms with Crippen molar-refractivity contribution in [1.82, 2.24) is 4.98 Å². The normalized spacial score (nSPS) is 11.3. The summed E-state index contributed by atoms with van der Waals surface area (Å²) in [4.78, 5) is 23.2. The van der Waals surface area contributed by atoms with Crippen LogP contribution in [0.25, 0.3) is 10.9 Å². The van der Waals surface area contributed by atoms with Crippen LogP contribution in [0, 0.1) is 34.1 Å². The number of H-pyrrole nitrogens is 1. The Bertz CT molecular complexity index is 1090. The lowest BCUT2D eigenvalue weighted by Gasteiger charge is -2.00. The Kier molecular flexibility index (Phi) is 4.08. The molecule has 26 heavy (non-hydrogen) atoms. The summed E-state index contributed by atoms with van der Waals surface area (Å²) >= 11 is 0. The van der Waals surface area contributed by atoms with Crippen molar-refractivity contribution in [3.8, 4) is 5.88 Å². The number of azo groups is 1. The molecule has 132 valence electrons. The number of hydrogen-bond acceptors (Lipinski definition) is 7. The zero-order valence-corrected chi connectivity index (χ0v) is 13.8. The van der Waals surface area contributed by atoms with Gasteiger partial charge >= 0.3 is 5.69 Å². The third kappa shape index (κ3) is 2.83. The van der Waals surface area contributed by atoms with E-state index in [9.17, 15) is 25.3 Å². The monoisotopic (exact) mass is 355 g/mol. The minimum atomic E-state index is -0.774. The van der Waals surface area contributed by atoms with Gasteiger partial charge in [-0.05, 0) is 31.0 Å². The quantitative estimate of drug-likeness (QED) is 0.394. The summed E-state index contributed by atoms with van der Waals surface area (Å²) in [6.45, 7) is 3.81. The number of rotatable bonds is 4. The van der Waals surface area contributed by atoms with Crippen molar-refractivity contribution in [1.29, 1.82) is 0 Å². The molecule has 0 saturated heterocycles. The van der Waals surface area contributed by atoms with Gasteiger partial charge in [0, 0.05) is 11.5 Å². The smallest absolute Gasteiger partial charge is 0.303 e. The van der Waals surface area contributed by atoms with Crippen molar-refractivity contribution < 1.29 is 15.0 Å². The maximum absolute atomic E-state index is 11.1. The first kappa shape index (κ1) is 17.0. The topological polar surface area (TPSA) is 147 Å². The molecule has 0 saturated carbocycles. The van der Waals surface area contributed by atoms with Gasteiger partial charge in [-0.25, -0.2) is 0 Å². The van der Waals surface area contributed by atoms with E-state index in [1.165, 1.54) is 0 Å². The van der Waals surface area contributed by atoms with Crippen molar-refractivity contribution in [3.63, 3.8) is 0 Å². The summed E-state index contributed by atoms with van der Waals surface area (Å²) in [5, 5.41) is 40.4. The molecular weight excluding hydrogens is 342 g/mol. The van der Waals surface area contributed by atoms with Crippen molar-refractivity contribution in [2.75, 3.05) is 0 Å². The maximum atomic E-state index is 11.1. The third-order valence-electron chi connectivity index (χ3n) is 4.08. The van der Waals surface area contributed by atoms with Crippen LogP contribution >= 0.6 is 0 Å². The number of nitro benzene ring substituents is 2. The number of fused-ring (bicyclic) bond motifs is 1. The van der Waals surface area contributed by atoms with Crippen molar-refractivity contribution >= 4 is 33.7 Å². The number of non-ortho nitro benzene ring substituents is 1. The van der Waals surface area contributed by atoms with E-state index in [2.05, 4.69) is 15.2 Å². The molecule has 0 fully saturated rings. The number of aromatic hydroxyl groups is 1. The molecule has 0 aliphatic rings. The average Bonchev–Trinajstić information content (AvgIpc) is 2.92. The Hall–Kier alpha value is -3.82. The largest absolute Gasteiger partial charge is 0.493 e. The first-order chi connectivity index (χ1) is 12.3. The summed E-state index contributed by atoms with van der Waals surface area (Å²) in [6, 6.07) is 6.67. The van der Waals surface area contributed by atoms with Gasteiger partial charge in [0.1, 0.15) is 0 Å². The Morgan fingerprint density at radius 2 is 1.77 bits per heavy atom. The van der Waals surface area contributed by atoms with Gasteiger partial charge in [-0.15, -0.1) is 10.2 Å². The van der Waals surface area contributed by atoms with Crippen LogP contribution in [0.1, 0.15) is 11.1 Å². The Morgan fingerprint density at radius 1 is 1.04 bits per heavy atom. The molecule has 10 heteroatoms. The number of aryl methyl sites for hydroxylation is 2. The van der Waals surface area contributed by atoms with Crippen LogP contribution in [0.3, 0.4) is 0 Å². The molecule has 0 amide bonds. The number of aromatic amines is 1. The minimum absolute atomic E-state index is 0.135. The fourth-order valence-electron chi connectivity index (χ4n) is 2.54. The molecule has 1 heterocycles. The van der Waals surface area contributed by atoms with E-state index in [-0.39, 0.29) is 17.3 Å². The third-order valence-corrected chi connectivity index (χ3v) is 4.08. The lowest BCUT2D eigenvalue weighted by Crippen LogP contribution is -1.92. The standard InChI is InChI=1S/C16H13N5O5/c1-8-3-5-11-14(9(8)2)17-16(22)15(11)19-18-12-6-4-10(20(23)24)7-13(12)21(25)26/h3-7,17,22H,1-2H3. The van der Waals surface area contributed by atoms with Crippen molar-refractivity contribution in [2.24, 2.45) is 10.2 Å². The summed E-state index contributed by atoms with van der Waals surface area (Å²) in [6.07, 6.45) is 0. The van der Waals surface area contributed by atoms with E-state index < -0.39 is 21.2 Å². The van der Waals surface area contributed by atoms with Crippen LogP contribution in [0.2, 0.25) is 0 Å². The molecule has 3 aromatic rings. The van der Waals surface area contributed by atoms with Gasteiger partial charge in [0.05, 0.1) is 21.4 Å². The summed E-state index contributed by atoms with van der Waals surface area (Å²) in [5.41, 5.74) is 1.66. The number of nitrogens with zero attached hydrogens (tertiary/aromatic N) is 4. The van der Waals surface area contributed by atoms with Crippen LogP contribution in [-0.4, -0.2) is 19.9 Å². The van der Waals surface area contributed by atoms with Gasteiger partial charge in [-0.2, -0.15) is 0 Å². The highest BCUT2D eigenvalue weighted by atomic mass is 16.6. The highest BCUT2D eigenvalue weighted by Gasteiger charge is 2.20. The Morgan fingerprint density at radius 3 is 2.42 bits per heavy atom. The lowest BCUT2D eigenvalue weighted by atomic mass is 10.1. The second kappa shape index (κ2) is 6.24. The molecule has 1 aromatic heterocycles. The molecule has 0 radical (unpaired) electrons. The fraction of sp³-hybridized carbons (Fsp3) is 0.125. The van der Waals surface area contributed by atoms with E-state index in [4.69, 9.17) is 0 Å². The molecular formula is C16H13N5O5.